The summed E-state index contributed by atoms with van der Waals surface area (Å²) < 4.78 is 16.9. The van der Waals surface area contributed by atoms with E-state index in [-0.39, 0.29) is 37.5 Å². The molecule has 0 saturated carbocycles. The van der Waals surface area contributed by atoms with Crippen LogP contribution in [0.4, 0.5) is 0 Å². The molecule has 0 aliphatic rings. The molecule has 1 atom stereocenters. The third kappa shape index (κ3) is 66.4. The van der Waals surface area contributed by atoms with Gasteiger partial charge in [0.2, 0.25) is 0 Å². The van der Waals surface area contributed by atoms with Gasteiger partial charge in [-0.3, -0.25) is 14.4 Å². The van der Waals surface area contributed by atoms with Crippen LogP contribution in [0, 0.1) is 0 Å². The zero-order chi connectivity index (χ0) is 59.2. The zero-order valence-electron chi connectivity index (χ0n) is 53.5. The molecule has 0 aromatic heterocycles. The molecule has 0 aromatic rings. The smallest absolute Gasteiger partial charge is 0.306 e. The quantitative estimate of drug-likeness (QED) is 0.0261. The van der Waals surface area contributed by atoms with Crippen molar-refractivity contribution >= 4 is 17.9 Å². The summed E-state index contributed by atoms with van der Waals surface area (Å²) in [5.41, 5.74) is 0. The predicted octanol–water partition coefficient (Wildman–Crippen LogP) is 23.7. The molecular formula is C76H126O6. The van der Waals surface area contributed by atoms with Crippen LogP contribution in [0.15, 0.2) is 134 Å². The highest BCUT2D eigenvalue weighted by Gasteiger charge is 2.19. The van der Waals surface area contributed by atoms with E-state index in [2.05, 4.69) is 154 Å². The summed E-state index contributed by atoms with van der Waals surface area (Å²) in [6.07, 6.45) is 97.7. The highest BCUT2D eigenvalue weighted by molar-refractivity contribution is 5.71. The van der Waals surface area contributed by atoms with Gasteiger partial charge < -0.3 is 14.2 Å². The molecule has 466 valence electrons. The SMILES string of the molecule is CC/C=C\C/C=C\C/C=C\C/C=C\C/C=C\C/C=C\C/C=C\CCCC(=O)OC(COC(=O)CCCCCCCCCCCCCC)COC(=O)CCCCCCCCCCCCCCCCCC/C=C\C/C=C\C/C=C\C/C=C\CC. The fourth-order valence-corrected chi connectivity index (χ4v) is 9.37. The molecule has 0 aliphatic carbocycles. The lowest BCUT2D eigenvalue weighted by atomic mass is 10.0. The van der Waals surface area contributed by atoms with Gasteiger partial charge in [-0.05, 0) is 109 Å². The Hall–Kier alpha value is -4.45. The van der Waals surface area contributed by atoms with Crippen molar-refractivity contribution in [3.8, 4) is 0 Å². The van der Waals surface area contributed by atoms with Crippen LogP contribution >= 0.6 is 0 Å². The Balaban J connectivity index is 4.33. The minimum atomic E-state index is -0.811. The van der Waals surface area contributed by atoms with Gasteiger partial charge in [0.25, 0.3) is 0 Å². The molecule has 0 radical (unpaired) electrons. The average molecular weight is 1140 g/mol. The standard InChI is InChI=1S/C76H126O6/c1-4-7-10-13-16-19-22-25-27-29-31-33-35-36-37-38-39-40-42-43-45-47-49-51-54-57-60-63-66-69-75(78)81-72-73(71-80-74(77)68-65-62-59-56-53-24-21-18-15-12-9-6-3)82-76(79)70-67-64-61-58-55-52-50-48-46-44-41-34-32-30-28-26-23-20-17-14-11-8-5-2/h7-8,10-11,16-17,19-20,25-28,31-34,44,46,50,52,58,61,73H,4-6,9,12-15,18,21-24,29-30,35-43,45,47-49,51,53-57,59-60,62-72H2,1-3H3/b10-7-,11-8-,19-16-,20-17-,27-25-,28-26-,33-31-,34-32-,46-44-,52-50-,61-58-. The molecule has 0 saturated heterocycles. The van der Waals surface area contributed by atoms with Gasteiger partial charge in [-0.2, -0.15) is 0 Å². The number of ether oxygens (including phenoxy) is 3. The third-order valence-electron chi connectivity index (χ3n) is 14.4. The summed E-state index contributed by atoms with van der Waals surface area (Å²) in [4.78, 5) is 38.3. The Morgan fingerprint density at radius 2 is 0.488 bits per heavy atom. The Morgan fingerprint density at radius 3 is 0.780 bits per heavy atom. The normalized spacial score (nSPS) is 13.0. The van der Waals surface area contributed by atoms with Crippen molar-refractivity contribution in [3.63, 3.8) is 0 Å². The minimum Gasteiger partial charge on any atom is -0.462 e. The first-order chi connectivity index (χ1) is 40.5. The molecule has 0 rings (SSSR count). The third-order valence-corrected chi connectivity index (χ3v) is 14.4. The average Bonchev–Trinajstić information content (AvgIpc) is 3.47. The van der Waals surface area contributed by atoms with Gasteiger partial charge >= 0.3 is 17.9 Å². The molecule has 0 aromatic carbocycles. The van der Waals surface area contributed by atoms with E-state index in [0.29, 0.717) is 19.3 Å². The van der Waals surface area contributed by atoms with Crippen LogP contribution < -0.4 is 0 Å². The van der Waals surface area contributed by atoms with E-state index in [1.807, 2.05) is 0 Å². The maximum Gasteiger partial charge on any atom is 0.306 e. The van der Waals surface area contributed by atoms with E-state index in [0.717, 1.165) is 116 Å². The van der Waals surface area contributed by atoms with E-state index >= 15 is 0 Å². The fraction of sp³-hybridized carbons (Fsp3) is 0.671. The summed E-state index contributed by atoms with van der Waals surface area (Å²) in [6.45, 7) is 6.39. The van der Waals surface area contributed by atoms with Gasteiger partial charge in [0.05, 0.1) is 0 Å². The topological polar surface area (TPSA) is 78.9 Å². The first-order valence-electron chi connectivity index (χ1n) is 34.2. The van der Waals surface area contributed by atoms with E-state index in [9.17, 15) is 14.4 Å². The highest BCUT2D eigenvalue weighted by Crippen LogP contribution is 2.17. The van der Waals surface area contributed by atoms with Crippen molar-refractivity contribution in [1.29, 1.82) is 0 Å². The van der Waals surface area contributed by atoms with Crippen molar-refractivity contribution in [2.24, 2.45) is 0 Å². The van der Waals surface area contributed by atoms with Gasteiger partial charge in [0.1, 0.15) is 13.2 Å². The lowest BCUT2D eigenvalue weighted by Crippen LogP contribution is -2.30. The molecule has 6 heteroatoms. The van der Waals surface area contributed by atoms with Crippen LogP contribution in [0.5, 0.6) is 0 Å². The highest BCUT2D eigenvalue weighted by atomic mass is 16.6. The number of hydrogen-bond acceptors (Lipinski definition) is 6. The van der Waals surface area contributed by atoms with Crippen LogP contribution in [-0.4, -0.2) is 37.2 Å². The van der Waals surface area contributed by atoms with Crippen molar-refractivity contribution in [1.82, 2.24) is 0 Å². The molecule has 0 spiro atoms. The second-order valence-corrected chi connectivity index (χ2v) is 22.3. The molecule has 0 heterocycles. The van der Waals surface area contributed by atoms with Gasteiger partial charge in [-0.1, -0.05) is 315 Å². The summed E-state index contributed by atoms with van der Waals surface area (Å²) in [6, 6.07) is 0. The molecule has 6 nitrogen and oxygen atoms in total. The van der Waals surface area contributed by atoms with Crippen LogP contribution in [0.2, 0.25) is 0 Å². The molecule has 82 heavy (non-hydrogen) atoms. The zero-order valence-corrected chi connectivity index (χ0v) is 53.5. The maximum absolute atomic E-state index is 12.9. The predicted molar refractivity (Wildman–Crippen MR) is 357 cm³/mol. The molecular weight excluding hydrogens is 1010 g/mol. The Morgan fingerprint density at radius 1 is 0.256 bits per heavy atom. The van der Waals surface area contributed by atoms with Crippen LogP contribution in [0.25, 0.3) is 0 Å². The summed E-state index contributed by atoms with van der Waals surface area (Å²) >= 11 is 0. The van der Waals surface area contributed by atoms with Crippen molar-refractivity contribution < 1.29 is 28.6 Å². The van der Waals surface area contributed by atoms with Crippen LogP contribution in [-0.2, 0) is 28.6 Å². The molecule has 0 aliphatic heterocycles. The molecule has 0 amide bonds. The van der Waals surface area contributed by atoms with Gasteiger partial charge in [-0.25, -0.2) is 0 Å². The second kappa shape index (κ2) is 69.0. The van der Waals surface area contributed by atoms with E-state index in [1.54, 1.807) is 0 Å². The molecule has 1 unspecified atom stereocenters. The number of carbonyl (C=O) groups excluding carboxylic acids is 3. The Labute approximate surface area is 506 Å². The number of carbonyl (C=O) groups is 3. The fourth-order valence-electron chi connectivity index (χ4n) is 9.37. The van der Waals surface area contributed by atoms with Crippen molar-refractivity contribution in [2.75, 3.05) is 13.2 Å². The maximum atomic E-state index is 12.9. The summed E-state index contributed by atoms with van der Waals surface area (Å²) in [5, 5.41) is 0. The Bertz CT molecular complexity index is 1730. The van der Waals surface area contributed by atoms with E-state index in [4.69, 9.17) is 14.2 Å². The molecule has 0 bridgehead atoms. The van der Waals surface area contributed by atoms with Crippen molar-refractivity contribution in [2.45, 2.75) is 316 Å². The summed E-state index contributed by atoms with van der Waals surface area (Å²) in [7, 11) is 0. The number of rotatable bonds is 61. The number of hydrogen-bond donors (Lipinski definition) is 0. The number of allylic oxidation sites excluding steroid dienone is 22. The Kier molecular flexibility index (Phi) is 65.3. The van der Waals surface area contributed by atoms with Crippen molar-refractivity contribution in [3.05, 3.63) is 134 Å². The number of esters is 3. The molecule has 0 N–H and O–H groups in total. The first kappa shape index (κ1) is 77.5. The number of unbranched alkanes of at least 4 members (excludes halogenated alkanes) is 28. The largest absolute Gasteiger partial charge is 0.462 e. The van der Waals surface area contributed by atoms with Crippen LogP contribution in [0.1, 0.15) is 310 Å². The van der Waals surface area contributed by atoms with E-state index < -0.39 is 6.10 Å². The lowest BCUT2D eigenvalue weighted by molar-refractivity contribution is -0.167. The minimum absolute atomic E-state index is 0.101. The van der Waals surface area contributed by atoms with Gasteiger partial charge in [0, 0.05) is 19.3 Å². The summed E-state index contributed by atoms with van der Waals surface area (Å²) in [5.74, 6) is -0.953. The first-order valence-corrected chi connectivity index (χ1v) is 34.2. The second-order valence-electron chi connectivity index (χ2n) is 22.3. The van der Waals surface area contributed by atoms with Crippen LogP contribution in [0.3, 0.4) is 0 Å². The lowest BCUT2D eigenvalue weighted by Gasteiger charge is -2.18. The van der Waals surface area contributed by atoms with Gasteiger partial charge in [0.15, 0.2) is 6.10 Å². The van der Waals surface area contributed by atoms with E-state index in [1.165, 1.54) is 148 Å². The van der Waals surface area contributed by atoms with Gasteiger partial charge in [-0.15, -0.1) is 0 Å². The molecule has 0 fully saturated rings. The monoisotopic (exact) mass is 1130 g/mol.